The van der Waals surface area contributed by atoms with Crippen LogP contribution in [0.1, 0.15) is 24.0 Å². The van der Waals surface area contributed by atoms with E-state index >= 15 is 0 Å². The minimum atomic E-state index is -1.49. The first-order chi connectivity index (χ1) is 13.9. The van der Waals surface area contributed by atoms with Gasteiger partial charge in [-0.2, -0.15) is 0 Å². The number of halogens is 1. The summed E-state index contributed by atoms with van der Waals surface area (Å²) in [5.41, 5.74) is 4.46. The van der Waals surface area contributed by atoms with Crippen molar-refractivity contribution in [2.75, 3.05) is 6.26 Å². The number of hydroxylamine groups is 1. The highest BCUT2D eigenvalue weighted by Gasteiger charge is 2.31. The van der Waals surface area contributed by atoms with E-state index in [0.29, 0.717) is 28.8 Å². The summed E-state index contributed by atoms with van der Waals surface area (Å²) in [7, 11) is -1.49. The van der Waals surface area contributed by atoms with Gasteiger partial charge in [-0.05, 0) is 17.2 Å². The summed E-state index contributed by atoms with van der Waals surface area (Å²) in [6.45, 7) is -0.0743. The molecular formula is C20H21FN2O5S. The third kappa shape index (κ3) is 4.87. The number of aliphatic hydroxyl groups excluding tert-OH is 1. The van der Waals surface area contributed by atoms with Gasteiger partial charge in [0.15, 0.2) is 0 Å². The van der Waals surface area contributed by atoms with Crippen molar-refractivity contribution in [3.05, 3.63) is 59.4 Å². The summed E-state index contributed by atoms with van der Waals surface area (Å²) in [5, 5.41) is 20.9. The number of benzene rings is 2. The topological polar surface area (TPSA) is 108 Å². The highest BCUT2D eigenvalue weighted by molar-refractivity contribution is 7.85. The normalized spacial score (nSPS) is 17.9. The Kier molecular flexibility index (Phi) is 6.73. The maximum Gasteiger partial charge on any atom is 0.259 e. The number of carbonyl (C=O) groups is 1. The number of amides is 1. The molecule has 0 aliphatic carbocycles. The van der Waals surface area contributed by atoms with Crippen LogP contribution < -0.4 is 5.48 Å². The molecule has 3 rings (SSSR count). The van der Waals surface area contributed by atoms with Crippen molar-refractivity contribution in [3.63, 3.8) is 0 Å². The predicted molar refractivity (Wildman–Crippen MR) is 106 cm³/mol. The summed E-state index contributed by atoms with van der Waals surface area (Å²) in [6.07, 6.45) is 1.32. The highest BCUT2D eigenvalue weighted by atomic mass is 32.2. The van der Waals surface area contributed by atoms with Crippen molar-refractivity contribution >= 4 is 22.4 Å². The first-order valence-corrected chi connectivity index (χ1v) is 10.5. The molecule has 0 saturated heterocycles. The SMILES string of the molecule is CS(=O)C(CC1CC(c2ccc(-c3ccc(CO)cc3)c(F)c2)=NO1)C(=O)NO. The predicted octanol–water partition coefficient (Wildman–Crippen LogP) is 2.12. The van der Waals surface area contributed by atoms with Crippen LogP contribution in [0.15, 0.2) is 47.6 Å². The number of nitrogens with one attached hydrogen (secondary N) is 1. The average molecular weight is 420 g/mol. The molecule has 0 radical (unpaired) electrons. The Hall–Kier alpha value is -2.62. The van der Waals surface area contributed by atoms with Crippen LogP contribution >= 0.6 is 0 Å². The lowest BCUT2D eigenvalue weighted by Gasteiger charge is -2.15. The highest BCUT2D eigenvalue weighted by Crippen LogP contribution is 2.27. The van der Waals surface area contributed by atoms with Crippen molar-refractivity contribution in [3.8, 4) is 11.1 Å². The smallest absolute Gasteiger partial charge is 0.259 e. The summed E-state index contributed by atoms with van der Waals surface area (Å²) in [5.74, 6) is -1.16. The number of hydrogen-bond acceptors (Lipinski definition) is 6. The second kappa shape index (κ2) is 9.25. The van der Waals surface area contributed by atoms with Gasteiger partial charge in [0.25, 0.3) is 5.91 Å². The fourth-order valence-corrected chi connectivity index (χ4v) is 3.99. The van der Waals surface area contributed by atoms with Gasteiger partial charge >= 0.3 is 0 Å². The van der Waals surface area contributed by atoms with Crippen molar-refractivity contribution in [1.82, 2.24) is 5.48 Å². The zero-order valence-corrected chi connectivity index (χ0v) is 16.5. The number of rotatable bonds is 7. The molecule has 0 aromatic heterocycles. The Labute approximate surface area is 169 Å². The fraction of sp³-hybridized carbons (Fsp3) is 0.300. The molecule has 3 atom stereocenters. The number of carbonyl (C=O) groups excluding carboxylic acids is 1. The van der Waals surface area contributed by atoms with E-state index in [1.807, 2.05) is 0 Å². The van der Waals surface area contributed by atoms with E-state index in [-0.39, 0.29) is 13.0 Å². The Morgan fingerprint density at radius 2 is 2.00 bits per heavy atom. The van der Waals surface area contributed by atoms with E-state index in [2.05, 4.69) is 5.16 Å². The molecule has 1 aliphatic rings. The Morgan fingerprint density at radius 3 is 2.59 bits per heavy atom. The fourth-order valence-electron chi connectivity index (χ4n) is 3.15. The number of oxime groups is 1. The van der Waals surface area contributed by atoms with Crippen LogP contribution in [-0.2, 0) is 27.0 Å². The molecule has 29 heavy (non-hydrogen) atoms. The van der Waals surface area contributed by atoms with Gasteiger partial charge in [-0.3, -0.25) is 14.2 Å². The molecule has 2 aromatic rings. The van der Waals surface area contributed by atoms with E-state index < -0.39 is 33.9 Å². The summed E-state index contributed by atoms with van der Waals surface area (Å²) >= 11 is 0. The van der Waals surface area contributed by atoms with Crippen molar-refractivity contribution < 1.29 is 28.5 Å². The van der Waals surface area contributed by atoms with Crippen molar-refractivity contribution in [1.29, 1.82) is 0 Å². The molecule has 0 saturated carbocycles. The van der Waals surface area contributed by atoms with Gasteiger partial charge in [0.1, 0.15) is 17.2 Å². The maximum atomic E-state index is 14.7. The number of aliphatic hydroxyl groups is 1. The zero-order valence-electron chi connectivity index (χ0n) is 15.7. The van der Waals surface area contributed by atoms with E-state index in [1.54, 1.807) is 36.4 Å². The van der Waals surface area contributed by atoms with Crippen LogP contribution in [0.5, 0.6) is 0 Å². The molecule has 1 amide bonds. The maximum absolute atomic E-state index is 14.7. The molecule has 0 spiro atoms. The lowest BCUT2D eigenvalue weighted by molar-refractivity contribution is -0.129. The first-order valence-electron chi connectivity index (χ1n) is 8.92. The van der Waals surface area contributed by atoms with Gasteiger partial charge in [-0.1, -0.05) is 41.6 Å². The Morgan fingerprint density at radius 1 is 1.31 bits per heavy atom. The van der Waals surface area contributed by atoms with Crippen molar-refractivity contribution in [2.45, 2.75) is 30.8 Å². The molecule has 3 N–H and O–H groups in total. The number of nitrogens with zero attached hydrogens (tertiary/aromatic N) is 1. The molecule has 1 aliphatic heterocycles. The molecule has 0 bridgehead atoms. The van der Waals surface area contributed by atoms with Gasteiger partial charge in [0.2, 0.25) is 0 Å². The standard InChI is InChI=1S/C20H21FN2O5S/c1-29(27)19(20(25)22-26)10-15-9-18(23-28-15)14-6-7-16(17(21)8-14)13-4-2-12(11-24)3-5-13/h2-8,15,19,24,26H,9-11H2,1H3,(H,22,25). The van der Waals surface area contributed by atoms with E-state index in [4.69, 9.17) is 15.2 Å². The molecule has 2 aromatic carbocycles. The van der Waals surface area contributed by atoms with Gasteiger partial charge in [-0.15, -0.1) is 0 Å². The molecule has 7 nitrogen and oxygen atoms in total. The molecule has 3 unspecified atom stereocenters. The van der Waals surface area contributed by atoms with E-state index in [0.717, 1.165) is 5.56 Å². The lowest BCUT2D eigenvalue weighted by Crippen LogP contribution is -2.37. The van der Waals surface area contributed by atoms with Gasteiger partial charge in [0, 0.05) is 41.0 Å². The summed E-state index contributed by atoms with van der Waals surface area (Å²) in [4.78, 5) is 17.0. The van der Waals surface area contributed by atoms with Crippen molar-refractivity contribution in [2.24, 2.45) is 5.16 Å². The third-order valence-corrected chi connectivity index (χ3v) is 5.97. The second-order valence-corrected chi connectivity index (χ2v) is 8.28. The van der Waals surface area contributed by atoms with Crippen LogP contribution in [-0.4, -0.2) is 43.8 Å². The monoisotopic (exact) mass is 420 g/mol. The van der Waals surface area contributed by atoms with E-state index in [1.165, 1.54) is 17.8 Å². The molecule has 1 heterocycles. The minimum absolute atomic E-state index is 0.0743. The second-order valence-electron chi connectivity index (χ2n) is 6.72. The third-order valence-electron chi connectivity index (χ3n) is 4.76. The Bertz CT molecular complexity index is 948. The van der Waals surface area contributed by atoms with E-state index in [9.17, 15) is 13.4 Å². The van der Waals surface area contributed by atoms with Crippen LogP contribution in [0.25, 0.3) is 11.1 Å². The summed E-state index contributed by atoms with van der Waals surface area (Å²) < 4.78 is 26.4. The van der Waals surface area contributed by atoms with Gasteiger partial charge in [-0.25, -0.2) is 9.87 Å². The molecular weight excluding hydrogens is 399 g/mol. The molecule has 9 heteroatoms. The average Bonchev–Trinajstić information content (AvgIpc) is 3.20. The minimum Gasteiger partial charge on any atom is -0.392 e. The molecule has 154 valence electrons. The van der Waals surface area contributed by atoms with Crippen LogP contribution in [0.2, 0.25) is 0 Å². The van der Waals surface area contributed by atoms with Crippen LogP contribution in [0, 0.1) is 5.82 Å². The lowest BCUT2D eigenvalue weighted by atomic mass is 9.98. The quantitative estimate of drug-likeness (QED) is 0.470. The van der Waals surface area contributed by atoms with Gasteiger partial charge in [0.05, 0.1) is 12.3 Å². The van der Waals surface area contributed by atoms with Crippen LogP contribution in [0.4, 0.5) is 4.39 Å². The van der Waals surface area contributed by atoms with Gasteiger partial charge < -0.3 is 9.94 Å². The summed E-state index contributed by atoms with van der Waals surface area (Å²) in [6, 6.07) is 11.7. The van der Waals surface area contributed by atoms with Crippen LogP contribution in [0.3, 0.4) is 0 Å². The number of hydrogen-bond donors (Lipinski definition) is 3. The Balaban J connectivity index is 1.71. The molecule has 0 fully saturated rings. The largest absolute Gasteiger partial charge is 0.392 e. The first kappa shape index (κ1) is 21.1. The zero-order chi connectivity index (χ0) is 21.0.